The SMILES string of the molecule is O=C(Cc1ccccc1)N1C[C@H](CO)C[C@H](CN2CCOCC2)C1. The third-order valence-corrected chi connectivity index (χ3v) is 5.05. The van der Waals surface area contributed by atoms with Gasteiger partial charge in [0.05, 0.1) is 19.6 Å². The van der Waals surface area contributed by atoms with Crippen molar-refractivity contribution in [1.82, 2.24) is 9.80 Å². The Morgan fingerprint density at radius 1 is 1.12 bits per heavy atom. The Hall–Kier alpha value is -1.43. The predicted octanol–water partition coefficient (Wildman–Crippen LogP) is 1.02. The standard InChI is InChI=1S/C19H28N2O3/c22-15-18-10-17(12-20-6-8-24-9-7-20)13-21(14-18)19(23)11-16-4-2-1-3-5-16/h1-5,17-18,22H,6-15H2/t17-,18-/m1/s1. The lowest BCUT2D eigenvalue weighted by Gasteiger charge is -2.40. The van der Waals surface area contributed by atoms with E-state index in [1.54, 1.807) is 0 Å². The molecule has 24 heavy (non-hydrogen) atoms. The van der Waals surface area contributed by atoms with Crippen LogP contribution in [0.2, 0.25) is 0 Å². The van der Waals surface area contributed by atoms with Crippen molar-refractivity contribution in [3.8, 4) is 0 Å². The van der Waals surface area contributed by atoms with E-state index in [0.29, 0.717) is 18.9 Å². The number of aliphatic hydroxyl groups is 1. The van der Waals surface area contributed by atoms with Gasteiger partial charge in [0.1, 0.15) is 0 Å². The average Bonchev–Trinajstić information content (AvgIpc) is 2.63. The summed E-state index contributed by atoms with van der Waals surface area (Å²) >= 11 is 0. The highest BCUT2D eigenvalue weighted by Gasteiger charge is 2.30. The summed E-state index contributed by atoms with van der Waals surface area (Å²) in [5.41, 5.74) is 1.05. The molecule has 2 aliphatic heterocycles. The van der Waals surface area contributed by atoms with Gasteiger partial charge in [-0.2, -0.15) is 0 Å². The fraction of sp³-hybridized carbons (Fsp3) is 0.632. The van der Waals surface area contributed by atoms with Crippen molar-refractivity contribution in [1.29, 1.82) is 0 Å². The Bertz CT molecular complexity index is 517. The summed E-state index contributed by atoms with van der Waals surface area (Å²) in [5, 5.41) is 9.63. The Morgan fingerprint density at radius 2 is 1.83 bits per heavy atom. The summed E-state index contributed by atoms with van der Waals surface area (Å²) in [5.74, 6) is 0.810. The molecule has 0 radical (unpaired) electrons. The molecule has 0 unspecified atom stereocenters. The molecule has 0 aromatic heterocycles. The van der Waals surface area contributed by atoms with Gasteiger partial charge in [0, 0.05) is 39.3 Å². The molecular formula is C19H28N2O3. The number of amides is 1. The maximum absolute atomic E-state index is 12.7. The van der Waals surface area contributed by atoms with Gasteiger partial charge in [-0.05, 0) is 23.8 Å². The van der Waals surface area contributed by atoms with Gasteiger partial charge in [-0.15, -0.1) is 0 Å². The second-order valence-corrected chi connectivity index (χ2v) is 7.02. The zero-order chi connectivity index (χ0) is 16.8. The number of nitrogens with zero attached hydrogens (tertiary/aromatic N) is 2. The van der Waals surface area contributed by atoms with Gasteiger partial charge < -0.3 is 14.7 Å². The molecule has 5 nitrogen and oxygen atoms in total. The largest absolute Gasteiger partial charge is 0.396 e. The van der Waals surface area contributed by atoms with Gasteiger partial charge in [-0.1, -0.05) is 30.3 Å². The van der Waals surface area contributed by atoms with E-state index >= 15 is 0 Å². The molecule has 2 heterocycles. The van der Waals surface area contributed by atoms with Crippen LogP contribution < -0.4 is 0 Å². The molecule has 1 amide bonds. The zero-order valence-electron chi connectivity index (χ0n) is 14.3. The highest BCUT2D eigenvalue weighted by atomic mass is 16.5. The predicted molar refractivity (Wildman–Crippen MR) is 92.7 cm³/mol. The molecule has 0 spiro atoms. The number of ether oxygens (including phenoxy) is 1. The molecule has 1 aromatic rings. The minimum atomic E-state index is 0.161. The van der Waals surface area contributed by atoms with E-state index in [1.165, 1.54) is 0 Å². The van der Waals surface area contributed by atoms with Crippen LogP contribution in [0.15, 0.2) is 30.3 Å². The summed E-state index contributed by atoms with van der Waals surface area (Å²) in [6.07, 6.45) is 1.45. The normalized spacial score (nSPS) is 25.6. The molecule has 1 N–H and O–H groups in total. The van der Waals surface area contributed by atoms with Crippen molar-refractivity contribution in [2.45, 2.75) is 12.8 Å². The van der Waals surface area contributed by atoms with Crippen LogP contribution in [0.25, 0.3) is 0 Å². The first kappa shape index (κ1) is 17.4. The molecule has 2 atom stereocenters. The molecule has 0 aliphatic carbocycles. The summed E-state index contributed by atoms with van der Waals surface area (Å²) in [6, 6.07) is 9.90. The molecule has 1 aromatic carbocycles. The number of hydrogen-bond acceptors (Lipinski definition) is 4. The van der Waals surface area contributed by atoms with Crippen LogP contribution >= 0.6 is 0 Å². The summed E-state index contributed by atoms with van der Waals surface area (Å²) in [4.78, 5) is 17.1. The van der Waals surface area contributed by atoms with Crippen LogP contribution in [-0.2, 0) is 16.0 Å². The van der Waals surface area contributed by atoms with E-state index in [4.69, 9.17) is 4.74 Å². The third-order valence-electron chi connectivity index (χ3n) is 5.05. The molecule has 2 fully saturated rings. The van der Waals surface area contributed by atoms with Gasteiger partial charge in [0.25, 0.3) is 0 Å². The molecule has 0 saturated carbocycles. The summed E-state index contributed by atoms with van der Waals surface area (Å²) in [6.45, 7) is 6.18. The summed E-state index contributed by atoms with van der Waals surface area (Å²) in [7, 11) is 0. The zero-order valence-corrected chi connectivity index (χ0v) is 14.3. The topological polar surface area (TPSA) is 53.0 Å². The van der Waals surface area contributed by atoms with Crippen molar-refractivity contribution in [3.63, 3.8) is 0 Å². The molecular weight excluding hydrogens is 304 g/mol. The van der Waals surface area contributed by atoms with Crippen molar-refractivity contribution in [2.75, 3.05) is 52.5 Å². The monoisotopic (exact) mass is 332 g/mol. The molecule has 5 heteroatoms. The number of likely N-dealkylation sites (tertiary alicyclic amines) is 1. The van der Waals surface area contributed by atoms with E-state index in [1.807, 2.05) is 35.2 Å². The quantitative estimate of drug-likeness (QED) is 0.875. The number of aliphatic hydroxyl groups excluding tert-OH is 1. The van der Waals surface area contributed by atoms with Crippen LogP contribution in [0.1, 0.15) is 12.0 Å². The maximum Gasteiger partial charge on any atom is 0.227 e. The number of piperidine rings is 1. The molecule has 2 saturated heterocycles. The third kappa shape index (κ3) is 4.79. The minimum Gasteiger partial charge on any atom is -0.396 e. The first-order valence-corrected chi connectivity index (χ1v) is 8.97. The Morgan fingerprint density at radius 3 is 2.54 bits per heavy atom. The Kier molecular flexibility index (Phi) is 6.24. The molecule has 132 valence electrons. The number of hydrogen-bond donors (Lipinski definition) is 1. The van der Waals surface area contributed by atoms with Gasteiger partial charge in [-0.3, -0.25) is 9.69 Å². The summed E-state index contributed by atoms with van der Waals surface area (Å²) < 4.78 is 5.41. The molecule has 2 aliphatic rings. The van der Waals surface area contributed by atoms with Crippen molar-refractivity contribution in [2.24, 2.45) is 11.8 Å². The first-order chi connectivity index (χ1) is 11.7. The highest BCUT2D eigenvalue weighted by Crippen LogP contribution is 2.23. The van der Waals surface area contributed by atoms with Gasteiger partial charge >= 0.3 is 0 Å². The van der Waals surface area contributed by atoms with Gasteiger partial charge in [0.15, 0.2) is 0 Å². The Balaban J connectivity index is 1.58. The fourth-order valence-corrected chi connectivity index (χ4v) is 3.82. The maximum atomic E-state index is 12.7. The lowest BCUT2D eigenvalue weighted by molar-refractivity contribution is -0.134. The number of carbonyl (C=O) groups is 1. The van der Waals surface area contributed by atoms with E-state index in [0.717, 1.165) is 51.4 Å². The van der Waals surface area contributed by atoms with Gasteiger partial charge in [0.2, 0.25) is 5.91 Å². The highest BCUT2D eigenvalue weighted by molar-refractivity contribution is 5.78. The lowest BCUT2D eigenvalue weighted by atomic mass is 9.88. The number of morpholine rings is 1. The van der Waals surface area contributed by atoms with Crippen LogP contribution in [0.5, 0.6) is 0 Å². The number of benzene rings is 1. The van der Waals surface area contributed by atoms with Gasteiger partial charge in [-0.25, -0.2) is 0 Å². The lowest BCUT2D eigenvalue weighted by Crippen LogP contribution is -2.49. The van der Waals surface area contributed by atoms with Crippen molar-refractivity contribution in [3.05, 3.63) is 35.9 Å². The number of carbonyl (C=O) groups excluding carboxylic acids is 1. The van der Waals surface area contributed by atoms with Crippen LogP contribution in [0, 0.1) is 11.8 Å². The van der Waals surface area contributed by atoms with Crippen LogP contribution in [0.4, 0.5) is 0 Å². The van der Waals surface area contributed by atoms with E-state index < -0.39 is 0 Å². The first-order valence-electron chi connectivity index (χ1n) is 8.97. The number of rotatable bonds is 5. The van der Waals surface area contributed by atoms with E-state index in [-0.39, 0.29) is 18.4 Å². The van der Waals surface area contributed by atoms with Crippen molar-refractivity contribution < 1.29 is 14.6 Å². The van der Waals surface area contributed by atoms with E-state index in [9.17, 15) is 9.90 Å². The second kappa shape index (κ2) is 8.60. The van der Waals surface area contributed by atoms with Crippen LogP contribution in [-0.4, -0.2) is 73.4 Å². The van der Waals surface area contributed by atoms with Crippen LogP contribution in [0.3, 0.4) is 0 Å². The molecule has 3 rings (SSSR count). The second-order valence-electron chi connectivity index (χ2n) is 7.02. The van der Waals surface area contributed by atoms with Crippen molar-refractivity contribution >= 4 is 5.91 Å². The fourth-order valence-electron chi connectivity index (χ4n) is 3.82. The average molecular weight is 332 g/mol. The molecule has 0 bridgehead atoms. The smallest absolute Gasteiger partial charge is 0.227 e. The Labute approximate surface area is 144 Å². The minimum absolute atomic E-state index is 0.161. The van der Waals surface area contributed by atoms with E-state index in [2.05, 4.69) is 4.90 Å².